The van der Waals surface area contributed by atoms with E-state index in [2.05, 4.69) is 24.3 Å². The molecule has 0 aromatic heterocycles. The highest BCUT2D eigenvalue weighted by Gasteiger charge is 2.43. The minimum Gasteiger partial charge on any atom is -0.372 e. The molecule has 0 unspecified atom stereocenters. The highest BCUT2D eigenvalue weighted by molar-refractivity contribution is 6.08. The van der Waals surface area contributed by atoms with Gasteiger partial charge in [-0.05, 0) is 24.0 Å². The van der Waals surface area contributed by atoms with Crippen LogP contribution in [-0.2, 0) is 22.3 Å². The fraction of sp³-hybridized carbons (Fsp3) is 0.296. The zero-order chi connectivity index (χ0) is 20.3. The lowest BCUT2D eigenvalue weighted by molar-refractivity contribution is 0.0340. The second-order valence-corrected chi connectivity index (χ2v) is 8.35. The van der Waals surface area contributed by atoms with Crippen molar-refractivity contribution in [2.75, 3.05) is 0 Å². The van der Waals surface area contributed by atoms with Crippen LogP contribution in [0.25, 0.3) is 0 Å². The van der Waals surface area contributed by atoms with Crippen molar-refractivity contribution in [3.8, 4) is 0 Å². The molecule has 3 nitrogen and oxygen atoms in total. The van der Waals surface area contributed by atoms with Crippen LogP contribution in [0.1, 0.15) is 39.9 Å². The number of ether oxygens (including phenoxy) is 2. The van der Waals surface area contributed by atoms with Crippen molar-refractivity contribution in [1.82, 2.24) is 0 Å². The van der Waals surface area contributed by atoms with Crippen LogP contribution in [0.5, 0.6) is 0 Å². The fourth-order valence-corrected chi connectivity index (χ4v) is 4.66. The first-order valence-corrected chi connectivity index (χ1v) is 10.8. The summed E-state index contributed by atoms with van der Waals surface area (Å²) in [6, 6.07) is 27.9. The number of hydrogen-bond donors (Lipinski definition) is 0. The fourth-order valence-electron chi connectivity index (χ4n) is 4.66. The van der Waals surface area contributed by atoms with Crippen molar-refractivity contribution in [1.29, 1.82) is 0 Å². The lowest BCUT2D eigenvalue weighted by Crippen LogP contribution is -2.17. The van der Waals surface area contributed by atoms with E-state index in [1.54, 1.807) is 0 Å². The van der Waals surface area contributed by atoms with Crippen LogP contribution in [0.15, 0.2) is 84.9 Å². The van der Waals surface area contributed by atoms with Crippen LogP contribution in [0.3, 0.4) is 0 Å². The molecule has 5 rings (SSSR count). The number of hydrogen-bond acceptors (Lipinski definition) is 3. The molecule has 2 fully saturated rings. The second-order valence-electron chi connectivity index (χ2n) is 8.35. The highest BCUT2D eigenvalue weighted by Crippen LogP contribution is 2.36. The molecule has 2 saturated heterocycles. The summed E-state index contributed by atoms with van der Waals surface area (Å²) in [5.41, 5.74) is 3.97. The average molecular weight is 399 g/mol. The Balaban J connectivity index is 1.14. The van der Waals surface area contributed by atoms with E-state index >= 15 is 0 Å². The summed E-state index contributed by atoms with van der Waals surface area (Å²) >= 11 is 0. The zero-order valence-corrected chi connectivity index (χ0v) is 16.9. The Morgan fingerprint density at radius 1 is 0.633 bits per heavy atom. The summed E-state index contributed by atoms with van der Waals surface area (Å²) in [6.07, 6.45) is 4.60. The summed E-state index contributed by atoms with van der Waals surface area (Å²) in [4.78, 5) is 12.6. The number of fused-ring (bicyclic) bond motifs is 1. The summed E-state index contributed by atoms with van der Waals surface area (Å²) < 4.78 is 12.6. The molecule has 0 aliphatic carbocycles. The Labute approximate surface area is 177 Å². The van der Waals surface area contributed by atoms with Gasteiger partial charge in [0, 0.05) is 24.0 Å². The van der Waals surface area contributed by atoms with E-state index in [0.717, 1.165) is 36.8 Å². The summed E-state index contributed by atoms with van der Waals surface area (Å²) in [7, 11) is 0. The Morgan fingerprint density at radius 3 is 1.67 bits per heavy atom. The van der Waals surface area contributed by atoms with Gasteiger partial charge in [-0.1, -0.05) is 84.9 Å². The van der Waals surface area contributed by atoms with Crippen molar-refractivity contribution >= 4 is 5.78 Å². The Hall–Kier alpha value is -2.75. The van der Waals surface area contributed by atoms with Crippen molar-refractivity contribution in [2.45, 2.75) is 50.1 Å². The van der Waals surface area contributed by atoms with Gasteiger partial charge in [-0.3, -0.25) is 4.79 Å². The first-order chi connectivity index (χ1) is 14.7. The van der Waals surface area contributed by atoms with Gasteiger partial charge >= 0.3 is 0 Å². The maximum Gasteiger partial charge on any atom is 0.193 e. The molecule has 3 heteroatoms. The van der Waals surface area contributed by atoms with E-state index in [-0.39, 0.29) is 30.2 Å². The molecule has 4 atom stereocenters. The second kappa shape index (κ2) is 8.55. The molecule has 3 aromatic rings. The molecule has 2 aliphatic heterocycles. The minimum atomic E-state index is 0.0617. The highest BCUT2D eigenvalue weighted by atomic mass is 16.6. The Kier molecular flexibility index (Phi) is 5.48. The summed E-state index contributed by atoms with van der Waals surface area (Å²) in [5, 5.41) is 0. The quantitative estimate of drug-likeness (QED) is 0.547. The lowest BCUT2D eigenvalue weighted by atomic mass is 9.99. The first-order valence-electron chi connectivity index (χ1n) is 10.8. The van der Waals surface area contributed by atoms with E-state index in [4.69, 9.17) is 9.47 Å². The number of rotatable bonds is 6. The molecule has 0 N–H and O–H groups in total. The molecular weight excluding hydrogens is 372 g/mol. The molecule has 30 heavy (non-hydrogen) atoms. The number of ketones is 1. The summed E-state index contributed by atoms with van der Waals surface area (Å²) in [5.74, 6) is 0.0617. The van der Waals surface area contributed by atoms with E-state index in [0.29, 0.717) is 0 Å². The third-order valence-electron chi connectivity index (χ3n) is 6.16. The molecule has 152 valence electrons. The van der Waals surface area contributed by atoms with Gasteiger partial charge in [0.1, 0.15) is 0 Å². The molecule has 2 heterocycles. The number of carbonyl (C=O) groups is 1. The van der Waals surface area contributed by atoms with Crippen LogP contribution in [0.4, 0.5) is 0 Å². The van der Waals surface area contributed by atoms with Crippen molar-refractivity contribution in [2.24, 2.45) is 0 Å². The monoisotopic (exact) mass is 398 g/mol. The maximum atomic E-state index is 12.6. The van der Waals surface area contributed by atoms with Crippen LogP contribution in [0, 0.1) is 0 Å². The molecule has 0 spiro atoms. The van der Waals surface area contributed by atoms with Crippen LogP contribution < -0.4 is 0 Å². The number of carbonyl (C=O) groups excluding carboxylic acids is 1. The van der Waals surface area contributed by atoms with Gasteiger partial charge in [-0.2, -0.15) is 0 Å². The van der Waals surface area contributed by atoms with Gasteiger partial charge < -0.3 is 9.47 Å². The topological polar surface area (TPSA) is 35.5 Å². The molecule has 3 aromatic carbocycles. The van der Waals surface area contributed by atoms with Crippen molar-refractivity contribution < 1.29 is 14.3 Å². The third-order valence-corrected chi connectivity index (χ3v) is 6.16. The molecular formula is C27H26O3. The molecule has 0 radical (unpaired) electrons. The first kappa shape index (κ1) is 19.2. The van der Waals surface area contributed by atoms with Gasteiger partial charge in [0.25, 0.3) is 0 Å². The van der Waals surface area contributed by atoms with E-state index in [1.807, 2.05) is 60.7 Å². The lowest BCUT2D eigenvalue weighted by Gasteiger charge is -2.16. The molecule has 0 saturated carbocycles. The Bertz CT molecular complexity index is 968. The van der Waals surface area contributed by atoms with Crippen LogP contribution in [0.2, 0.25) is 0 Å². The molecule has 0 bridgehead atoms. The van der Waals surface area contributed by atoms with E-state index in [1.165, 1.54) is 11.1 Å². The third kappa shape index (κ3) is 4.23. The van der Waals surface area contributed by atoms with Gasteiger partial charge in [0.2, 0.25) is 0 Å². The number of benzene rings is 3. The van der Waals surface area contributed by atoms with Crippen LogP contribution in [-0.4, -0.2) is 30.2 Å². The summed E-state index contributed by atoms with van der Waals surface area (Å²) in [6.45, 7) is 0. The zero-order valence-electron chi connectivity index (χ0n) is 16.9. The predicted molar refractivity (Wildman–Crippen MR) is 117 cm³/mol. The Morgan fingerprint density at radius 2 is 1.10 bits per heavy atom. The van der Waals surface area contributed by atoms with Gasteiger partial charge in [-0.25, -0.2) is 0 Å². The van der Waals surface area contributed by atoms with Gasteiger partial charge in [-0.15, -0.1) is 0 Å². The smallest absolute Gasteiger partial charge is 0.193 e. The SMILES string of the molecule is O=C(c1ccccc1)c1ccc(C[C@@H]2C[C@H]3O[C@H](Cc4ccccc4)C[C@H]3O2)cc1. The largest absolute Gasteiger partial charge is 0.372 e. The van der Waals surface area contributed by atoms with Crippen molar-refractivity contribution in [3.05, 3.63) is 107 Å². The molecule has 2 aliphatic rings. The van der Waals surface area contributed by atoms with Crippen LogP contribution >= 0.6 is 0 Å². The standard InChI is InChI=1S/C27H26O3/c28-27(21-9-5-2-6-10-21)22-13-11-20(12-14-22)16-24-18-26-25(30-24)17-23(29-26)15-19-7-3-1-4-8-19/h1-14,23-26H,15-18H2/t23-,24-,25-,26-/m1/s1. The average Bonchev–Trinajstić information content (AvgIpc) is 3.33. The van der Waals surface area contributed by atoms with Gasteiger partial charge in [0.15, 0.2) is 5.78 Å². The molecule has 0 amide bonds. The maximum absolute atomic E-state index is 12.6. The van der Waals surface area contributed by atoms with E-state index < -0.39 is 0 Å². The minimum absolute atomic E-state index is 0.0617. The van der Waals surface area contributed by atoms with Gasteiger partial charge in [0.05, 0.1) is 24.4 Å². The van der Waals surface area contributed by atoms with Crippen molar-refractivity contribution in [3.63, 3.8) is 0 Å². The van der Waals surface area contributed by atoms with E-state index in [9.17, 15) is 4.79 Å². The normalized spacial score (nSPS) is 25.2. The predicted octanol–water partition coefficient (Wildman–Crippen LogP) is 5.02.